The van der Waals surface area contributed by atoms with E-state index in [1.165, 1.54) is 24.6 Å². The topological polar surface area (TPSA) is 23.5 Å². The highest BCUT2D eigenvalue weighted by molar-refractivity contribution is 5.35. The monoisotopic (exact) mass is 251 g/mol. The van der Waals surface area contributed by atoms with Crippen LogP contribution in [0.25, 0.3) is 0 Å². The zero-order chi connectivity index (χ0) is 13.3. The average molecular weight is 251 g/mol. The molecule has 100 valence electrons. The van der Waals surface area contributed by atoms with E-state index in [9.17, 15) is 9.50 Å². The van der Waals surface area contributed by atoms with Gasteiger partial charge in [-0.05, 0) is 49.9 Å². The molecular formula is C15H22FNO. The van der Waals surface area contributed by atoms with E-state index in [4.69, 9.17) is 0 Å². The van der Waals surface area contributed by atoms with Crippen LogP contribution in [0.15, 0.2) is 18.2 Å². The summed E-state index contributed by atoms with van der Waals surface area (Å²) in [5, 5.41) is 9.87. The van der Waals surface area contributed by atoms with Gasteiger partial charge in [-0.1, -0.05) is 13.8 Å². The van der Waals surface area contributed by atoms with Gasteiger partial charge in [-0.25, -0.2) is 4.39 Å². The zero-order valence-electron chi connectivity index (χ0n) is 11.4. The molecule has 1 saturated heterocycles. The van der Waals surface area contributed by atoms with Gasteiger partial charge in [-0.15, -0.1) is 0 Å². The Morgan fingerprint density at radius 3 is 2.78 bits per heavy atom. The van der Waals surface area contributed by atoms with Crippen LogP contribution in [0, 0.1) is 11.2 Å². The van der Waals surface area contributed by atoms with Crippen molar-refractivity contribution in [3.05, 3.63) is 29.6 Å². The molecule has 0 bridgehead atoms. The Balaban J connectivity index is 2.20. The van der Waals surface area contributed by atoms with Gasteiger partial charge in [-0.3, -0.25) is 4.90 Å². The molecule has 2 rings (SSSR count). The van der Waals surface area contributed by atoms with Crippen LogP contribution in [0.4, 0.5) is 4.39 Å². The molecule has 0 aliphatic carbocycles. The molecule has 1 atom stereocenters. The number of hydrogen-bond acceptors (Lipinski definition) is 2. The van der Waals surface area contributed by atoms with Crippen LogP contribution in [0.3, 0.4) is 0 Å². The molecule has 0 aromatic heterocycles. The lowest BCUT2D eigenvalue weighted by atomic mass is 9.83. The molecule has 0 saturated carbocycles. The molecular weight excluding hydrogens is 229 g/mol. The zero-order valence-corrected chi connectivity index (χ0v) is 11.4. The number of halogens is 1. The first-order valence-electron chi connectivity index (χ1n) is 6.61. The minimum atomic E-state index is -0.286. The van der Waals surface area contributed by atoms with Gasteiger partial charge in [0.25, 0.3) is 0 Å². The fourth-order valence-electron chi connectivity index (χ4n) is 2.86. The van der Waals surface area contributed by atoms with Crippen LogP contribution < -0.4 is 0 Å². The summed E-state index contributed by atoms with van der Waals surface area (Å²) in [5.74, 6) is -0.0989. The number of phenols is 1. The third kappa shape index (κ3) is 2.83. The van der Waals surface area contributed by atoms with Gasteiger partial charge in [0.1, 0.15) is 11.6 Å². The average Bonchev–Trinajstić information content (AvgIpc) is 2.30. The fourth-order valence-corrected chi connectivity index (χ4v) is 2.86. The summed E-state index contributed by atoms with van der Waals surface area (Å²) >= 11 is 0. The summed E-state index contributed by atoms with van der Waals surface area (Å²) in [6, 6.07) is 4.24. The number of piperidine rings is 1. The van der Waals surface area contributed by atoms with E-state index < -0.39 is 0 Å². The molecule has 1 aromatic rings. The minimum absolute atomic E-state index is 0.0558. The normalized spacial score (nSPS) is 21.8. The van der Waals surface area contributed by atoms with E-state index in [-0.39, 0.29) is 17.6 Å². The Morgan fingerprint density at radius 2 is 2.11 bits per heavy atom. The lowest BCUT2D eigenvalue weighted by Crippen LogP contribution is -2.41. The minimum Gasteiger partial charge on any atom is -0.508 e. The van der Waals surface area contributed by atoms with Gasteiger partial charge in [0.15, 0.2) is 0 Å². The molecule has 3 heteroatoms. The van der Waals surface area contributed by atoms with E-state index in [0.29, 0.717) is 11.0 Å². The van der Waals surface area contributed by atoms with Crippen LogP contribution in [0.1, 0.15) is 45.2 Å². The molecule has 1 heterocycles. The summed E-state index contributed by atoms with van der Waals surface area (Å²) in [6.45, 7) is 8.56. The number of benzene rings is 1. The number of hydrogen-bond donors (Lipinski definition) is 1. The molecule has 1 N–H and O–H groups in total. The molecule has 1 aromatic carbocycles. The van der Waals surface area contributed by atoms with Gasteiger partial charge in [0, 0.05) is 18.2 Å². The predicted molar refractivity (Wildman–Crippen MR) is 71.1 cm³/mol. The van der Waals surface area contributed by atoms with E-state index in [2.05, 4.69) is 18.7 Å². The van der Waals surface area contributed by atoms with Crippen molar-refractivity contribution in [3.63, 3.8) is 0 Å². The van der Waals surface area contributed by atoms with Crippen LogP contribution in [0.5, 0.6) is 5.75 Å². The number of phenolic OH excluding ortho intramolecular Hbond substituents is 1. The van der Waals surface area contributed by atoms with Crippen LogP contribution in [0.2, 0.25) is 0 Å². The van der Waals surface area contributed by atoms with E-state index in [0.717, 1.165) is 19.5 Å². The highest BCUT2D eigenvalue weighted by Crippen LogP contribution is 2.36. The third-order valence-electron chi connectivity index (χ3n) is 3.92. The van der Waals surface area contributed by atoms with Crippen molar-refractivity contribution in [2.24, 2.45) is 5.41 Å². The smallest absolute Gasteiger partial charge is 0.123 e. The van der Waals surface area contributed by atoms with Crippen molar-refractivity contribution in [3.8, 4) is 5.75 Å². The number of likely N-dealkylation sites (tertiary alicyclic amines) is 1. The molecule has 1 aliphatic rings. The Morgan fingerprint density at radius 1 is 1.39 bits per heavy atom. The maximum absolute atomic E-state index is 13.3. The van der Waals surface area contributed by atoms with Crippen molar-refractivity contribution < 1.29 is 9.50 Å². The molecule has 0 amide bonds. The van der Waals surface area contributed by atoms with Crippen molar-refractivity contribution in [2.75, 3.05) is 13.1 Å². The van der Waals surface area contributed by atoms with E-state index in [1.54, 1.807) is 0 Å². The number of nitrogens with zero attached hydrogens (tertiary/aromatic N) is 1. The molecule has 1 aliphatic heterocycles. The molecule has 1 unspecified atom stereocenters. The SMILES string of the molecule is CC(c1cc(F)ccc1O)N1CCCC(C)(C)C1. The summed E-state index contributed by atoms with van der Waals surface area (Å²) in [5.41, 5.74) is 0.989. The second-order valence-electron chi connectivity index (χ2n) is 6.12. The van der Waals surface area contributed by atoms with Gasteiger partial charge in [0.2, 0.25) is 0 Å². The van der Waals surface area contributed by atoms with Crippen molar-refractivity contribution in [2.45, 2.75) is 39.7 Å². The molecule has 2 nitrogen and oxygen atoms in total. The van der Waals surface area contributed by atoms with Crippen LogP contribution >= 0.6 is 0 Å². The maximum Gasteiger partial charge on any atom is 0.123 e. The van der Waals surface area contributed by atoms with E-state index in [1.807, 2.05) is 6.92 Å². The molecule has 1 fully saturated rings. The van der Waals surface area contributed by atoms with Crippen LogP contribution in [-0.4, -0.2) is 23.1 Å². The van der Waals surface area contributed by atoms with Gasteiger partial charge < -0.3 is 5.11 Å². The Kier molecular flexibility index (Phi) is 3.62. The third-order valence-corrected chi connectivity index (χ3v) is 3.92. The predicted octanol–water partition coefficient (Wildman–Crippen LogP) is 3.71. The Hall–Kier alpha value is -1.09. The maximum atomic E-state index is 13.3. The molecule has 0 radical (unpaired) electrons. The summed E-state index contributed by atoms with van der Waals surface area (Å²) in [6.07, 6.45) is 2.39. The van der Waals surface area contributed by atoms with Crippen molar-refractivity contribution >= 4 is 0 Å². The highest BCUT2D eigenvalue weighted by Gasteiger charge is 2.30. The quantitative estimate of drug-likeness (QED) is 0.866. The van der Waals surface area contributed by atoms with Crippen molar-refractivity contribution in [1.82, 2.24) is 4.90 Å². The van der Waals surface area contributed by atoms with Gasteiger partial charge in [-0.2, -0.15) is 0 Å². The summed E-state index contributed by atoms with van der Waals surface area (Å²) in [7, 11) is 0. The second-order valence-corrected chi connectivity index (χ2v) is 6.12. The van der Waals surface area contributed by atoms with Crippen molar-refractivity contribution in [1.29, 1.82) is 0 Å². The second kappa shape index (κ2) is 4.88. The highest BCUT2D eigenvalue weighted by atomic mass is 19.1. The lowest BCUT2D eigenvalue weighted by Gasteiger charge is -2.41. The summed E-state index contributed by atoms with van der Waals surface area (Å²) < 4.78 is 13.3. The van der Waals surface area contributed by atoms with Gasteiger partial charge in [0.05, 0.1) is 0 Å². The molecule has 18 heavy (non-hydrogen) atoms. The number of aromatic hydroxyl groups is 1. The first-order valence-corrected chi connectivity index (χ1v) is 6.61. The number of rotatable bonds is 2. The first-order chi connectivity index (χ1) is 8.39. The van der Waals surface area contributed by atoms with Crippen LogP contribution in [-0.2, 0) is 0 Å². The standard InChI is InChI=1S/C15H22FNO/c1-11(13-9-12(16)5-6-14(13)18)17-8-4-7-15(2,3)10-17/h5-6,9,11,18H,4,7-8,10H2,1-3H3. The lowest BCUT2D eigenvalue weighted by molar-refractivity contribution is 0.0835. The Labute approximate surface area is 108 Å². The largest absolute Gasteiger partial charge is 0.508 e. The van der Waals surface area contributed by atoms with E-state index >= 15 is 0 Å². The fraction of sp³-hybridized carbons (Fsp3) is 0.600. The Bertz CT molecular complexity index is 431. The first kappa shape index (κ1) is 13.3. The van der Waals surface area contributed by atoms with Gasteiger partial charge >= 0.3 is 0 Å². The molecule has 0 spiro atoms. The summed E-state index contributed by atoms with van der Waals surface area (Å²) in [4.78, 5) is 2.33.